The Morgan fingerprint density at radius 1 is 1.06 bits per heavy atom. The summed E-state index contributed by atoms with van der Waals surface area (Å²) in [6.07, 6.45) is 1.99. The van der Waals surface area contributed by atoms with Gasteiger partial charge < -0.3 is 24.6 Å². The first kappa shape index (κ1) is 20.5. The summed E-state index contributed by atoms with van der Waals surface area (Å²) < 4.78 is 16.7. The highest BCUT2D eigenvalue weighted by Gasteiger charge is 2.63. The number of aliphatic carboxylic acids is 1. The third-order valence-electron chi connectivity index (χ3n) is 5.64. The molecule has 0 radical (unpaired) electrons. The molecule has 2 atom stereocenters. The van der Waals surface area contributed by atoms with Gasteiger partial charge in [0.2, 0.25) is 5.91 Å². The van der Waals surface area contributed by atoms with Gasteiger partial charge in [-0.25, -0.2) is 0 Å². The molecule has 1 fully saturated rings. The van der Waals surface area contributed by atoms with E-state index in [1.165, 1.54) is 0 Å². The molecule has 0 spiro atoms. The summed E-state index contributed by atoms with van der Waals surface area (Å²) >= 11 is 0. The van der Waals surface area contributed by atoms with E-state index in [1.54, 1.807) is 69.8 Å². The number of fused-ring (bicyclic) bond motifs is 1. The predicted molar refractivity (Wildman–Crippen MR) is 114 cm³/mol. The fourth-order valence-corrected chi connectivity index (χ4v) is 3.65. The average Bonchev–Trinajstić information content (AvgIpc) is 3.47. The minimum Gasteiger partial charge on any atom is -0.493 e. The smallest absolute Gasteiger partial charge is 0.319 e. The monoisotopic (exact) mass is 422 g/mol. The van der Waals surface area contributed by atoms with Crippen molar-refractivity contribution in [2.75, 3.05) is 19.5 Å². The van der Waals surface area contributed by atoms with Crippen molar-refractivity contribution in [1.29, 1.82) is 0 Å². The van der Waals surface area contributed by atoms with Gasteiger partial charge in [0, 0.05) is 23.3 Å². The highest BCUT2D eigenvalue weighted by atomic mass is 16.5. The second-order valence-electron chi connectivity index (χ2n) is 7.50. The minimum atomic E-state index is -1.33. The molecule has 1 saturated carbocycles. The van der Waals surface area contributed by atoms with E-state index in [2.05, 4.69) is 10.3 Å². The van der Waals surface area contributed by atoms with Gasteiger partial charge in [0.25, 0.3) is 0 Å². The molecule has 0 aliphatic heterocycles. The summed E-state index contributed by atoms with van der Waals surface area (Å²) in [5, 5.41) is 12.8. The van der Waals surface area contributed by atoms with Crippen LogP contribution in [0.15, 0.2) is 48.7 Å². The Bertz CT molecular complexity index is 1160. The molecular formula is C23H22N2O6. The number of carbonyl (C=O) groups is 2. The highest BCUT2D eigenvalue weighted by Crippen LogP contribution is 2.53. The van der Waals surface area contributed by atoms with Gasteiger partial charge in [-0.2, -0.15) is 0 Å². The molecule has 4 rings (SSSR count). The molecule has 8 heteroatoms. The molecule has 1 heterocycles. The maximum absolute atomic E-state index is 12.4. The number of benzene rings is 2. The summed E-state index contributed by atoms with van der Waals surface area (Å²) in [5.41, 5.74) is -0.134. The van der Waals surface area contributed by atoms with Crippen molar-refractivity contribution in [2.24, 2.45) is 11.3 Å². The SMILES string of the molecule is COc1cc2nccc(Oc3ccc(NC(=O)C4(C(=O)O)CC4C)cc3)c2cc1OC. The Balaban J connectivity index is 1.54. The number of hydrogen-bond donors (Lipinski definition) is 2. The van der Waals surface area contributed by atoms with Crippen molar-refractivity contribution >= 4 is 28.5 Å². The molecular weight excluding hydrogens is 400 g/mol. The predicted octanol–water partition coefficient (Wildman–Crippen LogP) is 4.09. The molecule has 1 aliphatic carbocycles. The zero-order chi connectivity index (χ0) is 22.2. The number of pyridine rings is 1. The molecule has 0 bridgehead atoms. The number of aromatic nitrogens is 1. The van der Waals surface area contributed by atoms with E-state index >= 15 is 0 Å². The fourth-order valence-electron chi connectivity index (χ4n) is 3.65. The van der Waals surface area contributed by atoms with Crippen LogP contribution in [0.3, 0.4) is 0 Å². The Kier molecular flexibility index (Phi) is 5.14. The fraction of sp³-hybridized carbons (Fsp3) is 0.261. The number of methoxy groups -OCH3 is 2. The summed E-state index contributed by atoms with van der Waals surface area (Å²) in [4.78, 5) is 28.3. The number of amides is 1. The van der Waals surface area contributed by atoms with E-state index < -0.39 is 17.3 Å². The van der Waals surface area contributed by atoms with E-state index in [1.807, 2.05) is 0 Å². The van der Waals surface area contributed by atoms with Crippen LogP contribution in [0.5, 0.6) is 23.0 Å². The van der Waals surface area contributed by atoms with Gasteiger partial charge in [0.15, 0.2) is 11.5 Å². The minimum absolute atomic E-state index is 0.178. The molecule has 1 aromatic heterocycles. The maximum Gasteiger partial charge on any atom is 0.319 e. The Hall–Kier alpha value is -3.81. The van der Waals surface area contributed by atoms with Crippen LogP contribution in [0.1, 0.15) is 13.3 Å². The van der Waals surface area contributed by atoms with E-state index in [-0.39, 0.29) is 5.92 Å². The first-order chi connectivity index (χ1) is 14.9. The van der Waals surface area contributed by atoms with Crippen LogP contribution in [0.2, 0.25) is 0 Å². The second-order valence-corrected chi connectivity index (χ2v) is 7.50. The number of hydrogen-bond acceptors (Lipinski definition) is 6. The van der Waals surface area contributed by atoms with Gasteiger partial charge in [0.05, 0.1) is 19.7 Å². The lowest BCUT2D eigenvalue weighted by Gasteiger charge is -2.14. The third kappa shape index (κ3) is 3.61. The number of nitrogens with zero attached hydrogens (tertiary/aromatic N) is 1. The number of carbonyl (C=O) groups excluding carboxylic acids is 1. The van der Waals surface area contributed by atoms with Crippen molar-refractivity contribution in [3.05, 3.63) is 48.7 Å². The van der Waals surface area contributed by atoms with Crippen molar-refractivity contribution in [3.8, 4) is 23.0 Å². The largest absolute Gasteiger partial charge is 0.493 e. The number of rotatable bonds is 7. The van der Waals surface area contributed by atoms with Gasteiger partial charge >= 0.3 is 5.97 Å². The summed E-state index contributed by atoms with van der Waals surface area (Å²) in [5.74, 6) is 0.503. The zero-order valence-corrected chi connectivity index (χ0v) is 17.3. The molecule has 31 heavy (non-hydrogen) atoms. The lowest BCUT2D eigenvalue weighted by atomic mass is 10.0. The molecule has 1 amide bonds. The molecule has 8 nitrogen and oxygen atoms in total. The van der Waals surface area contributed by atoms with Crippen molar-refractivity contribution < 1.29 is 28.9 Å². The first-order valence-corrected chi connectivity index (χ1v) is 9.72. The van der Waals surface area contributed by atoms with Crippen molar-refractivity contribution in [1.82, 2.24) is 4.98 Å². The maximum atomic E-state index is 12.4. The van der Waals surface area contributed by atoms with Crippen molar-refractivity contribution in [3.63, 3.8) is 0 Å². The lowest BCUT2D eigenvalue weighted by molar-refractivity contribution is -0.148. The highest BCUT2D eigenvalue weighted by molar-refractivity contribution is 6.11. The van der Waals surface area contributed by atoms with Gasteiger partial charge in [-0.1, -0.05) is 6.92 Å². The van der Waals surface area contributed by atoms with Crippen LogP contribution >= 0.6 is 0 Å². The Morgan fingerprint density at radius 2 is 1.71 bits per heavy atom. The molecule has 2 unspecified atom stereocenters. The van der Waals surface area contributed by atoms with E-state index in [4.69, 9.17) is 14.2 Å². The van der Waals surface area contributed by atoms with E-state index in [0.717, 1.165) is 5.39 Å². The quantitative estimate of drug-likeness (QED) is 0.552. The van der Waals surface area contributed by atoms with E-state index in [0.29, 0.717) is 40.6 Å². The average molecular weight is 422 g/mol. The summed E-state index contributed by atoms with van der Waals surface area (Å²) in [6.45, 7) is 1.76. The molecule has 2 aromatic carbocycles. The lowest BCUT2D eigenvalue weighted by Crippen LogP contribution is -2.32. The van der Waals surface area contributed by atoms with Crippen LogP contribution in [0.25, 0.3) is 10.9 Å². The molecule has 0 saturated heterocycles. The Morgan fingerprint density at radius 3 is 2.29 bits per heavy atom. The van der Waals surface area contributed by atoms with Gasteiger partial charge in [-0.3, -0.25) is 14.6 Å². The molecule has 2 N–H and O–H groups in total. The second kappa shape index (κ2) is 7.79. The Labute approximate surface area is 178 Å². The summed E-state index contributed by atoms with van der Waals surface area (Å²) in [7, 11) is 3.12. The first-order valence-electron chi connectivity index (χ1n) is 9.72. The molecule has 160 valence electrons. The summed E-state index contributed by atoms with van der Waals surface area (Å²) in [6, 6.07) is 12.1. The van der Waals surface area contributed by atoms with Crippen LogP contribution in [0, 0.1) is 11.3 Å². The van der Waals surface area contributed by atoms with Gasteiger partial charge in [-0.15, -0.1) is 0 Å². The molecule has 1 aliphatic rings. The number of carboxylic acid groups (broad SMARTS) is 1. The number of ether oxygens (including phenoxy) is 3. The van der Waals surface area contributed by atoms with Crippen LogP contribution in [0.4, 0.5) is 5.69 Å². The standard InChI is InChI=1S/C23H22N2O6/c1-13-12-23(13,22(27)28)21(26)25-14-4-6-15(7-5-14)31-18-8-9-24-17-11-20(30-3)19(29-2)10-16(17)18/h4-11,13H,12H2,1-3H3,(H,25,26)(H,27,28). The normalized spacial score (nSPS) is 19.5. The van der Waals surface area contributed by atoms with E-state index in [9.17, 15) is 14.7 Å². The number of nitrogens with one attached hydrogen (secondary N) is 1. The van der Waals surface area contributed by atoms with Crippen LogP contribution in [-0.4, -0.2) is 36.2 Å². The van der Waals surface area contributed by atoms with Crippen LogP contribution < -0.4 is 19.5 Å². The van der Waals surface area contributed by atoms with Crippen molar-refractivity contribution in [2.45, 2.75) is 13.3 Å². The van der Waals surface area contributed by atoms with Crippen LogP contribution in [-0.2, 0) is 9.59 Å². The number of anilines is 1. The third-order valence-corrected chi connectivity index (χ3v) is 5.64. The number of carboxylic acids is 1. The van der Waals surface area contributed by atoms with Gasteiger partial charge in [-0.05, 0) is 48.7 Å². The molecule has 3 aromatic rings. The topological polar surface area (TPSA) is 107 Å². The van der Waals surface area contributed by atoms with Gasteiger partial charge in [0.1, 0.15) is 16.9 Å². The zero-order valence-electron chi connectivity index (χ0n) is 17.3.